The van der Waals surface area contributed by atoms with Crippen LogP contribution in [0, 0.1) is 0 Å². The molecule has 104 valence electrons. The number of nitrogens with two attached hydrogens (primary N) is 1. The number of methoxy groups -OCH3 is 1. The van der Waals surface area contributed by atoms with Crippen LogP contribution in [0.2, 0.25) is 0 Å². The Bertz CT molecular complexity index is 419. The minimum absolute atomic E-state index is 0.380. The summed E-state index contributed by atoms with van der Waals surface area (Å²) in [5, 5.41) is 0. The van der Waals surface area contributed by atoms with Crippen molar-refractivity contribution in [1.29, 1.82) is 0 Å². The van der Waals surface area contributed by atoms with Gasteiger partial charge in [0.15, 0.2) is 0 Å². The van der Waals surface area contributed by atoms with Crippen LogP contribution in [0.5, 0.6) is 5.75 Å². The molecule has 1 saturated heterocycles. The zero-order valence-corrected chi connectivity index (χ0v) is 11.2. The van der Waals surface area contributed by atoms with E-state index in [1.807, 2.05) is 12.1 Å². The predicted molar refractivity (Wildman–Crippen MR) is 72.1 cm³/mol. The minimum atomic E-state index is -0.468. The van der Waals surface area contributed by atoms with Crippen LogP contribution in [-0.2, 0) is 16.0 Å². The molecule has 1 fully saturated rings. The summed E-state index contributed by atoms with van der Waals surface area (Å²) >= 11 is 0. The number of primary amides is 1. The number of hydrogen-bond acceptors (Lipinski definition) is 4. The highest BCUT2D eigenvalue weighted by Gasteiger charge is 2.24. The molecular weight excluding hydrogens is 244 g/mol. The van der Waals surface area contributed by atoms with E-state index in [-0.39, 0.29) is 5.91 Å². The van der Waals surface area contributed by atoms with Crippen LogP contribution in [-0.4, -0.2) is 50.3 Å². The third kappa shape index (κ3) is 3.94. The van der Waals surface area contributed by atoms with Crippen molar-refractivity contribution in [2.24, 2.45) is 5.73 Å². The second-order valence-corrected chi connectivity index (χ2v) is 4.66. The molecule has 0 radical (unpaired) electrons. The van der Waals surface area contributed by atoms with Gasteiger partial charge in [-0.1, -0.05) is 12.1 Å². The minimum Gasteiger partial charge on any atom is -0.497 e. The normalized spacial score (nSPS) is 20.2. The van der Waals surface area contributed by atoms with Crippen LogP contribution in [0.4, 0.5) is 0 Å². The molecule has 0 saturated carbocycles. The first kappa shape index (κ1) is 13.8. The third-order valence-electron chi connectivity index (χ3n) is 3.34. The summed E-state index contributed by atoms with van der Waals surface area (Å²) in [6.45, 7) is 2.90. The molecule has 0 aromatic heterocycles. The molecule has 1 amide bonds. The quantitative estimate of drug-likeness (QED) is 0.837. The lowest BCUT2D eigenvalue weighted by Gasteiger charge is -2.31. The fraction of sp³-hybridized carbons (Fsp3) is 0.500. The maximum Gasteiger partial charge on any atom is 0.247 e. The number of benzene rings is 1. The van der Waals surface area contributed by atoms with Gasteiger partial charge in [-0.3, -0.25) is 9.69 Å². The number of carbonyl (C=O) groups is 1. The number of morpholine rings is 1. The van der Waals surface area contributed by atoms with Gasteiger partial charge in [0.05, 0.1) is 13.7 Å². The van der Waals surface area contributed by atoms with Gasteiger partial charge in [0.25, 0.3) is 0 Å². The Labute approximate surface area is 113 Å². The summed E-state index contributed by atoms with van der Waals surface area (Å²) in [5.41, 5.74) is 6.52. The number of nitrogens with zero attached hydrogens (tertiary/aromatic N) is 1. The molecule has 5 heteroatoms. The number of carbonyl (C=O) groups excluding carboxylic acids is 1. The van der Waals surface area contributed by atoms with Gasteiger partial charge in [0.2, 0.25) is 5.91 Å². The molecule has 1 aromatic rings. The van der Waals surface area contributed by atoms with E-state index in [9.17, 15) is 4.79 Å². The van der Waals surface area contributed by atoms with E-state index < -0.39 is 6.10 Å². The van der Waals surface area contributed by atoms with Crippen LogP contribution < -0.4 is 10.5 Å². The maximum absolute atomic E-state index is 11.1. The zero-order chi connectivity index (χ0) is 13.7. The molecule has 0 aliphatic carbocycles. The Morgan fingerprint density at radius 3 is 2.84 bits per heavy atom. The fourth-order valence-electron chi connectivity index (χ4n) is 2.16. The second-order valence-electron chi connectivity index (χ2n) is 4.66. The first-order valence-electron chi connectivity index (χ1n) is 6.45. The van der Waals surface area contributed by atoms with Crippen molar-refractivity contribution in [3.63, 3.8) is 0 Å². The van der Waals surface area contributed by atoms with E-state index >= 15 is 0 Å². The Balaban J connectivity index is 1.82. The molecule has 1 unspecified atom stereocenters. The van der Waals surface area contributed by atoms with E-state index in [0.717, 1.165) is 25.3 Å². The number of amides is 1. The molecule has 1 aliphatic rings. The van der Waals surface area contributed by atoms with E-state index in [1.54, 1.807) is 7.11 Å². The van der Waals surface area contributed by atoms with Crippen molar-refractivity contribution in [2.45, 2.75) is 12.5 Å². The van der Waals surface area contributed by atoms with Crippen LogP contribution in [0.15, 0.2) is 24.3 Å². The fourth-order valence-corrected chi connectivity index (χ4v) is 2.16. The number of rotatable bonds is 5. The average Bonchev–Trinajstić information content (AvgIpc) is 2.46. The highest BCUT2D eigenvalue weighted by molar-refractivity contribution is 5.79. The molecule has 0 bridgehead atoms. The number of hydrogen-bond donors (Lipinski definition) is 1. The standard InChI is InChI=1S/C14H20N2O3/c1-18-12-4-2-11(3-5-12)6-7-16-8-9-19-13(10-16)14(15)17/h2-5,13H,6-10H2,1H3,(H2,15,17). The van der Waals surface area contributed by atoms with Gasteiger partial charge in [-0.2, -0.15) is 0 Å². The molecule has 0 spiro atoms. The molecule has 1 aliphatic heterocycles. The van der Waals surface area contributed by atoms with Crippen molar-refractivity contribution in [2.75, 3.05) is 33.4 Å². The maximum atomic E-state index is 11.1. The summed E-state index contributed by atoms with van der Waals surface area (Å²) in [6, 6.07) is 8.04. The Morgan fingerprint density at radius 2 is 2.21 bits per heavy atom. The van der Waals surface area contributed by atoms with E-state index in [0.29, 0.717) is 13.2 Å². The largest absolute Gasteiger partial charge is 0.497 e. The summed E-state index contributed by atoms with van der Waals surface area (Å²) in [6.07, 6.45) is 0.472. The van der Waals surface area contributed by atoms with Gasteiger partial charge < -0.3 is 15.2 Å². The SMILES string of the molecule is COc1ccc(CCN2CCOC(C(N)=O)C2)cc1. The lowest BCUT2D eigenvalue weighted by molar-refractivity contribution is -0.135. The molecule has 2 N–H and O–H groups in total. The Hall–Kier alpha value is -1.59. The topological polar surface area (TPSA) is 64.8 Å². The molecule has 1 atom stereocenters. The van der Waals surface area contributed by atoms with Gasteiger partial charge in [-0.25, -0.2) is 0 Å². The van der Waals surface area contributed by atoms with Crippen LogP contribution in [0.25, 0.3) is 0 Å². The van der Waals surface area contributed by atoms with Gasteiger partial charge in [-0.15, -0.1) is 0 Å². The van der Waals surface area contributed by atoms with Crippen molar-refractivity contribution in [3.05, 3.63) is 29.8 Å². The second kappa shape index (κ2) is 6.54. The van der Waals surface area contributed by atoms with Gasteiger partial charge in [-0.05, 0) is 24.1 Å². The Morgan fingerprint density at radius 1 is 1.47 bits per heavy atom. The number of ether oxygens (including phenoxy) is 2. The highest BCUT2D eigenvalue weighted by Crippen LogP contribution is 2.13. The molecular formula is C14H20N2O3. The zero-order valence-electron chi connectivity index (χ0n) is 11.2. The van der Waals surface area contributed by atoms with Crippen molar-refractivity contribution in [1.82, 2.24) is 4.90 Å². The molecule has 2 rings (SSSR count). The van der Waals surface area contributed by atoms with E-state index in [4.69, 9.17) is 15.2 Å². The first-order valence-corrected chi connectivity index (χ1v) is 6.45. The summed E-state index contributed by atoms with van der Waals surface area (Å²) in [4.78, 5) is 13.3. The smallest absolute Gasteiger partial charge is 0.247 e. The highest BCUT2D eigenvalue weighted by atomic mass is 16.5. The average molecular weight is 264 g/mol. The van der Waals surface area contributed by atoms with E-state index in [1.165, 1.54) is 5.56 Å². The lowest BCUT2D eigenvalue weighted by atomic mass is 10.1. The summed E-state index contributed by atoms with van der Waals surface area (Å²) in [7, 11) is 1.66. The summed E-state index contributed by atoms with van der Waals surface area (Å²) < 4.78 is 10.4. The van der Waals surface area contributed by atoms with Crippen molar-refractivity contribution < 1.29 is 14.3 Å². The molecule has 5 nitrogen and oxygen atoms in total. The third-order valence-corrected chi connectivity index (χ3v) is 3.34. The van der Waals surface area contributed by atoms with Crippen molar-refractivity contribution >= 4 is 5.91 Å². The van der Waals surface area contributed by atoms with Crippen molar-refractivity contribution in [3.8, 4) is 5.75 Å². The monoisotopic (exact) mass is 264 g/mol. The lowest BCUT2D eigenvalue weighted by Crippen LogP contribution is -2.48. The van der Waals surface area contributed by atoms with Crippen LogP contribution >= 0.6 is 0 Å². The van der Waals surface area contributed by atoms with Crippen LogP contribution in [0.3, 0.4) is 0 Å². The summed E-state index contributed by atoms with van der Waals surface area (Å²) in [5.74, 6) is 0.484. The van der Waals surface area contributed by atoms with Crippen LogP contribution in [0.1, 0.15) is 5.56 Å². The van der Waals surface area contributed by atoms with Gasteiger partial charge in [0.1, 0.15) is 11.9 Å². The predicted octanol–water partition coefficient (Wildman–Crippen LogP) is 0.424. The first-order chi connectivity index (χ1) is 9.19. The Kier molecular flexibility index (Phi) is 4.76. The van der Waals surface area contributed by atoms with Gasteiger partial charge >= 0.3 is 0 Å². The van der Waals surface area contributed by atoms with E-state index in [2.05, 4.69) is 17.0 Å². The molecule has 1 aromatic carbocycles. The van der Waals surface area contributed by atoms with Gasteiger partial charge in [0, 0.05) is 19.6 Å². The molecule has 1 heterocycles. The molecule has 19 heavy (non-hydrogen) atoms.